The van der Waals surface area contributed by atoms with Crippen molar-refractivity contribution in [3.05, 3.63) is 0 Å². The molecule has 0 amide bonds. The van der Waals surface area contributed by atoms with E-state index >= 15 is 0 Å². The average molecular weight is 158 g/mol. The fraction of sp³-hybridized carbons (Fsp3) is 0.889. The Morgan fingerprint density at radius 1 is 1.45 bits per heavy atom. The first kappa shape index (κ1) is 10.5. The van der Waals surface area contributed by atoms with Crippen LogP contribution in [0.3, 0.4) is 0 Å². The Balaban J connectivity index is 3.69. The Morgan fingerprint density at radius 3 is 2.36 bits per heavy atom. The second-order valence-electron chi connectivity index (χ2n) is 4.17. The Morgan fingerprint density at radius 2 is 2.00 bits per heavy atom. The number of rotatable bonds is 5. The van der Waals surface area contributed by atoms with E-state index in [2.05, 4.69) is 27.7 Å². The number of carbonyl (C=O) groups is 1. The molecule has 0 aliphatic rings. The lowest BCUT2D eigenvalue weighted by atomic mass is 9.85. The summed E-state index contributed by atoms with van der Waals surface area (Å²) in [6, 6.07) is 0. The largest absolute Gasteiger partial charge is 0.467 e. The van der Waals surface area contributed by atoms with Crippen LogP contribution in [0.25, 0.3) is 0 Å². The van der Waals surface area contributed by atoms with Crippen LogP contribution in [0.4, 0.5) is 0 Å². The van der Waals surface area contributed by atoms with E-state index in [-0.39, 0.29) is 5.41 Å². The molecular formula is C9H18O2. The molecule has 0 N–H and O–H groups in total. The summed E-state index contributed by atoms with van der Waals surface area (Å²) in [5.74, 6) is 0.653. The monoisotopic (exact) mass is 158 g/mol. The lowest BCUT2D eigenvalue weighted by molar-refractivity contribution is -0.131. The molecule has 0 aromatic rings. The number of ether oxygens (including phenoxy) is 1. The molecule has 0 aliphatic heterocycles. The molecule has 0 atom stereocenters. The molecule has 0 radical (unpaired) electrons. The second-order valence-corrected chi connectivity index (χ2v) is 4.17. The number of carbonyl (C=O) groups excluding carboxylic acids is 1. The van der Waals surface area contributed by atoms with E-state index in [4.69, 9.17) is 4.74 Å². The Labute approximate surface area is 68.9 Å². The zero-order valence-electron chi connectivity index (χ0n) is 7.89. The molecule has 0 saturated heterocycles. The Hall–Kier alpha value is -0.530. The van der Waals surface area contributed by atoms with Gasteiger partial charge in [0.2, 0.25) is 0 Å². The number of hydrogen-bond donors (Lipinski definition) is 0. The van der Waals surface area contributed by atoms with Gasteiger partial charge in [0.05, 0.1) is 6.61 Å². The van der Waals surface area contributed by atoms with Crippen molar-refractivity contribution >= 4 is 6.47 Å². The van der Waals surface area contributed by atoms with Crippen LogP contribution in [0.2, 0.25) is 0 Å². The molecule has 0 rings (SSSR count). The van der Waals surface area contributed by atoms with Gasteiger partial charge >= 0.3 is 0 Å². The average Bonchev–Trinajstić information content (AvgIpc) is 1.81. The molecule has 0 aromatic carbocycles. The first-order chi connectivity index (χ1) is 4.98. The van der Waals surface area contributed by atoms with Gasteiger partial charge in [0.25, 0.3) is 6.47 Å². The maximum Gasteiger partial charge on any atom is 0.293 e. The topological polar surface area (TPSA) is 26.3 Å². The molecule has 0 spiro atoms. The van der Waals surface area contributed by atoms with Crippen molar-refractivity contribution in [1.82, 2.24) is 0 Å². The van der Waals surface area contributed by atoms with Gasteiger partial charge in [-0.05, 0) is 17.8 Å². The van der Waals surface area contributed by atoms with Gasteiger partial charge < -0.3 is 4.74 Å². The standard InChI is InChI=1S/C9H18O2/c1-8(2)5-9(3,4)6-11-7-10/h7-8H,5-6H2,1-4H3. The second kappa shape index (κ2) is 4.37. The van der Waals surface area contributed by atoms with Crippen molar-refractivity contribution in [2.24, 2.45) is 11.3 Å². The van der Waals surface area contributed by atoms with Gasteiger partial charge in [-0.25, -0.2) is 0 Å². The minimum atomic E-state index is 0.120. The van der Waals surface area contributed by atoms with Crippen LogP contribution in [0.5, 0.6) is 0 Å². The van der Waals surface area contributed by atoms with Crippen molar-refractivity contribution in [1.29, 1.82) is 0 Å². The van der Waals surface area contributed by atoms with Crippen LogP contribution in [0.15, 0.2) is 0 Å². The Bertz CT molecular complexity index is 117. The summed E-state index contributed by atoms with van der Waals surface area (Å²) in [4.78, 5) is 9.92. The van der Waals surface area contributed by atoms with Crippen molar-refractivity contribution in [2.75, 3.05) is 6.61 Å². The predicted molar refractivity (Wildman–Crippen MR) is 45.3 cm³/mol. The maximum atomic E-state index is 9.92. The summed E-state index contributed by atoms with van der Waals surface area (Å²) in [5, 5.41) is 0. The summed E-state index contributed by atoms with van der Waals surface area (Å²) >= 11 is 0. The van der Waals surface area contributed by atoms with Gasteiger partial charge in [-0.3, -0.25) is 4.79 Å². The molecule has 0 bridgehead atoms. The number of hydrogen-bond acceptors (Lipinski definition) is 2. The zero-order valence-corrected chi connectivity index (χ0v) is 7.89. The molecule has 0 aromatic heterocycles. The minimum absolute atomic E-state index is 0.120. The lowest BCUT2D eigenvalue weighted by Crippen LogP contribution is -2.21. The minimum Gasteiger partial charge on any atom is -0.467 e. The van der Waals surface area contributed by atoms with Crippen LogP contribution in [0.1, 0.15) is 34.1 Å². The van der Waals surface area contributed by atoms with E-state index in [9.17, 15) is 4.79 Å². The van der Waals surface area contributed by atoms with E-state index in [0.717, 1.165) is 6.42 Å². The molecule has 0 heterocycles. The van der Waals surface area contributed by atoms with E-state index < -0.39 is 0 Å². The fourth-order valence-corrected chi connectivity index (χ4v) is 1.42. The summed E-state index contributed by atoms with van der Waals surface area (Å²) in [6.07, 6.45) is 1.08. The van der Waals surface area contributed by atoms with E-state index in [1.54, 1.807) is 0 Å². The molecule has 0 saturated carbocycles. The molecule has 0 unspecified atom stereocenters. The third-order valence-electron chi connectivity index (χ3n) is 1.50. The summed E-state index contributed by atoms with van der Waals surface area (Å²) in [5.41, 5.74) is 0.120. The normalized spacial score (nSPS) is 11.7. The molecule has 66 valence electrons. The first-order valence-corrected chi connectivity index (χ1v) is 4.03. The van der Waals surface area contributed by atoms with E-state index in [0.29, 0.717) is 19.0 Å². The molecule has 2 nitrogen and oxygen atoms in total. The summed E-state index contributed by atoms with van der Waals surface area (Å²) in [6.45, 7) is 9.59. The summed E-state index contributed by atoms with van der Waals surface area (Å²) in [7, 11) is 0. The highest BCUT2D eigenvalue weighted by atomic mass is 16.5. The highest BCUT2D eigenvalue weighted by molar-refractivity contribution is 5.36. The van der Waals surface area contributed by atoms with Crippen LogP contribution in [0, 0.1) is 11.3 Å². The van der Waals surface area contributed by atoms with Crippen LogP contribution >= 0.6 is 0 Å². The smallest absolute Gasteiger partial charge is 0.293 e. The Kier molecular flexibility index (Phi) is 4.16. The quantitative estimate of drug-likeness (QED) is 0.573. The fourth-order valence-electron chi connectivity index (χ4n) is 1.42. The van der Waals surface area contributed by atoms with Crippen molar-refractivity contribution in [3.8, 4) is 0 Å². The highest BCUT2D eigenvalue weighted by Crippen LogP contribution is 2.24. The first-order valence-electron chi connectivity index (χ1n) is 4.03. The highest BCUT2D eigenvalue weighted by Gasteiger charge is 2.19. The van der Waals surface area contributed by atoms with Crippen LogP contribution in [-0.4, -0.2) is 13.1 Å². The van der Waals surface area contributed by atoms with Crippen molar-refractivity contribution in [2.45, 2.75) is 34.1 Å². The zero-order chi connectivity index (χ0) is 8.91. The lowest BCUT2D eigenvalue weighted by Gasteiger charge is -2.24. The van der Waals surface area contributed by atoms with Gasteiger partial charge in [-0.1, -0.05) is 27.7 Å². The van der Waals surface area contributed by atoms with Gasteiger partial charge in [0.1, 0.15) is 0 Å². The van der Waals surface area contributed by atoms with Gasteiger partial charge in [-0.15, -0.1) is 0 Å². The molecule has 2 heteroatoms. The van der Waals surface area contributed by atoms with E-state index in [1.807, 2.05) is 0 Å². The SMILES string of the molecule is CC(C)CC(C)(C)COC=O. The summed E-state index contributed by atoms with van der Waals surface area (Å²) < 4.78 is 4.72. The molecular weight excluding hydrogens is 140 g/mol. The molecule has 11 heavy (non-hydrogen) atoms. The maximum absolute atomic E-state index is 9.92. The third kappa shape index (κ3) is 5.89. The molecule has 0 fully saturated rings. The predicted octanol–water partition coefficient (Wildman–Crippen LogP) is 2.23. The van der Waals surface area contributed by atoms with Gasteiger partial charge in [0.15, 0.2) is 0 Å². The van der Waals surface area contributed by atoms with Gasteiger partial charge in [-0.2, -0.15) is 0 Å². The van der Waals surface area contributed by atoms with E-state index in [1.165, 1.54) is 0 Å². The molecule has 0 aliphatic carbocycles. The van der Waals surface area contributed by atoms with Crippen molar-refractivity contribution in [3.63, 3.8) is 0 Å². The third-order valence-corrected chi connectivity index (χ3v) is 1.50. The van der Waals surface area contributed by atoms with Crippen molar-refractivity contribution < 1.29 is 9.53 Å². The van der Waals surface area contributed by atoms with Crippen LogP contribution < -0.4 is 0 Å². The van der Waals surface area contributed by atoms with Gasteiger partial charge in [0, 0.05) is 0 Å². The van der Waals surface area contributed by atoms with Crippen LogP contribution in [-0.2, 0) is 9.53 Å².